The molecule has 5 heteroatoms. The van der Waals surface area contributed by atoms with E-state index in [1.165, 1.54) is 12.1 Å². The maximum atomic E-state index is 9.84. The van der Waals surface area contributed by atoms with Gasteiger partial charge in [-0.1, -0.05) is 23.2 Å². The Kier molecular flexibility index (Phi) is 2.15. The molecular weight excluding hydrogens is 263 g/mol. The van der Waals surface area contributed by atoms with Gasteiger partial charge in [0.05, 0.1) is 10.8 Å². The average molecular weight is 269 g/mol. The summed E-state index contributed by atoms with van der Waals surface area (Å²) >= 11 is 11.6. The quantitative estimate of drug-likeness (QED) is 0.639. The van der Waals surface area contributed by atoms with Crippen LogP contribution in [0, 0.1) is 0 Å². The van der Waals surface area contributed by atoms with Crippen LogP contribution in [0.4, 0.5) is 0 Å². The van der Waals surface area contributed by atoms with Gasteiger partial charge in [0.15, 0.2) is 0 Å². The van der Waals surface area contributed by atoms with Crippen molar-refractivity contribution in [3.63, 3.8) is 0 Å². The number of halogens is 2. The van der Waals surface area contributed by atoms with Gasteiger partial charge in [-0.2, -0.15) is 0 Å². The van der Waals surface area contributed by atoms with Crippen LogP contribution in [0.2, 0.25) is 10.0 Å². The minimum Gasteiger partial charge on any atom is -0.507 e. The van der Waals surface area contributed by atoms with Gasteiger partial charge in [0.1, 0.15) is 22.7 Å². The first kappa shape index (κ1) is 10.6. The molecule has 0 amide bonds. The molecule has 0 saturated carbocycles. The van der Waals surface area contributed by atoms with E-state index in [0.29, 0.717) is 32.0 Å². The number of hydrogen-bond donors (Lipinski definition) is 2. The first-order valence-electron chi connectivity index (χ1n) is 4.79. The van der Waals surface area contributed by atoms with Crippen LogP contribution in [0.15, 0.2) is 28.7 Å². The Labute approximate surface area is 106 Å². The second-order valence-corrected chi connectivity index (χ2v) is 4.57. The monoisotopic (exact) mass is 268 g/mol. The lowest BCUT2D eigenvalue weighted by Gasteiger charge is -1.98. The Balaban J connectivity index is 2.60. The summed E-state index contributed by atoms with van der Waals surface area (Å²) in [5.74, 6) is -0.0762. The summed E-state index contributed by atoms with van der Waals surface area (Å²) in [7, 11) is 0. The molecule has 3 rings (SSSR count). The summed E-state index contributed by atoms with van der Waals surface area (Å²) < 4.78 is 5.49. The Morgan fingerprint density at radius 3 is 1.59 bits per heavy atom. The number of furan rings is 1. The van der Waals surface area contributed by atoms with Crippen molar-refractivity contribution in [2.75, 3.05) is 0 Å². The molecule has 2 aromatic carbocycles. The van der Waals surface area contributed by atoms with E-state index in [1.54, 1.807) is 12.1 Å². The number of fused-ring (bicyclic) bond motifs is 3. The third kappa shape index (κ3) is 1.51. The van der Waals surface area contributed by atoms with Crippen LogP contribution in [0.3, 0.4) is 0 Å². The highest BCUT2D eigenvalue weighted by Crippen LogP contribution is 2.42. The first-order chi connectivity index (χ1) is 8.06. The number of hydrogen-bond acceptors (Lipinski definition) is 3. The van der Waals surface area contributed by atoms with E-state index in [4.69, 9.17) is 27.6 Å². The molecule has 0 radical (unpaired) electrons. The number of aromatic hydroxyl groups is 2. The zero-order chi connectivity index (χ0) is 12.2. The lowest BCUT2D eigenvalue weighted by Crippen LogP contribution is -1.72. The lowest BCUT2D eigenvalue weighted by atomic mass is 10.1. The molecule has 3 aromatic rings. The molecule has 3 nitrogen and oxygen atoms in total. The van der Waals surface area contributed by atoms with Crippen molar-refractivity contribution in [1.82, 2.24) is 0 Å². The van der Waals surface area contributed by atoms with Crippen LogP contribution < -0.4 is 0 Å². The second-order valence-electron chi connectivity index (χ2n) is 3.70. The molecule has 0 fully saturated rings. The zero-order valence-electron chi connectivity index (χ0n) is 8.37. The molecule has 1 aromatic heterocycles. The van der Waals surface area contributed by atoms with Gasteiger partial charge in [-0.25, -0.2) is 0 Å². The standard InChI is InChI=1S/C12H6Cl2O3/c13-5-1-7(15)11-9(3-5)17-10-4-6(14)2-8(16)12(10)11/h1-4,15-16H. The topological polar surface area (TPSA) is 53.6 Å². The van der Waals surface area contributed by atoms with E-state index >= 15 is 0 Å². The van der Waals surface area contributed by atoms with Crippen molar-refractivity contribution in [1.29, 1.82) is 0 Å². The molecule has 1 heterocycles. The summed E-state index contributed by atoms with van der Waals surface area (Å²) in [5, 5.41) is 21.3. The van der Waals surface area contributed by atoms with Crippen molar-refractivity contribution >= 4 is 45.1 Å². The third-order valence-electron chi connectivity index (χ3n) is 2.56. The Hall–Kier alpha value is -1.58. The van der Waals surface area contributed by atoms with E-state index in [9.17, 15) is 10.2 Å². The minimum atomic E-state index is -0.0381. The van der Waals surface area contributed by atoms with Crippen LogP contribution in [0.1, 0.15) is 0 Å². The van der Waals surface area contributed by atoms with E-state index in [-0.39, 0.29) is 11.5 Å². The number of rotatable bonds is 0. The van der Waals surface area contributed by atoms with E-state index in [1.807, 2.05) is 0 Å². The maximum Gasteiger partial charge on any atom is 0.140 e. The highest BCUT2D eigenvalue weighted by Gasteiger charge is 2.16. The third-order valence-corrected chi connectivity index (χ3v) is 3.00. The molecule has 86 valence electrons. The molecule has 0 aliphatic carbocycles. The Morgan fingerprint density at radius 1 is 0.765 bits per heavy atom. The van der Waals surface area contributed by atoms with Gasteiger partial charge in [-0.15, -0.1) is 0 Å². The van der Waals surface area contributed by atoms with Gasteiger partial charge in [0.2, 0.25) is 0 Å². The fourth-order valence-electron chi connectivity index (χ4n) is 1.92. The summed E-state index contributed by atoms with van der Waals surface area (Å²) in [4.78, 5) is 0. The molecular formula is C12H6Cl2O3. The zero-order valence-corrected chi connectivity index (χ0v) is 9.88. The molecule has 2 N–H and O–H groups in total. The number of phenolic OH excluding ortho intramolecular Hbond substituents is 2. The van der Waals surface area contributed by atoms with Crippen LogP contribution in [0.5, 0.6) is 11.5 Å². The summed E-state index contributed by atoms with van der Waals surface area (Å²) in [5.41, 5.74) is 0.810. The van der Waals surface area contributed by atoms with Gasteiger partial charge in [0, 0.05) is 22.2 Å². The molecule has 0 atom stereocenters. The SMILES string of the molecule is Oc1cc(Cl)cc2oc3cc(Cl)cc(O)c3c12. The normalized spacial score (nSPS) is 11.4. The molecule has 0 saturated heterocycles. The number of phenols is 2. The minimum absolute atomic E-state index is 0.0381. The van der Waals surface area contributed by atoms with Gasteiger partial charge >= 0.3 is 0 Å². The average Bonchev–Trinajstić information content (AvgIpc) is 2.55. The van der Waals surface area contributed by atoms with Crippen LogP contribution >= 0.6 is 23.2 Å². The summed E-state index contributed by atoms with van der Waals surface area (Å²) in [6, 6.07) is 5.94. The molecule has 0 unspecified atom stereocenters. The van der Waals surface area contributed by atoms with Crippen molar-refractivity contribution in [2.24, 2.45) is 0 Å². The second kappa shape index (κ2) is 3.45. The van der Waals surface area contributed by atoms with Crippen molar-refractivity contribution in [3.05, 3.63) is 34.3 Å². The summed E-state index contributed by atoms with van der Waals surface area (Å²) in [6.07, 6.45) is 0. The predicted molar refractivity (Wildman–Crippen MR) is 67.1 cm³/mol. The fraction of sp³-hybridized carbons (Fsp3) is 0. The molecule has 0 aliphatic heterocycles. The van der Waals surface area contributed by atoms with Gasteiger partial charge in [0.25, 0.3) is 0 Å². The van der Waals surface area contributed by atoms with Crippen molar-refractivity contribution < 1.29 is 14.6 Å². The highest BCUT2D eigenvalue weighted by atomic mass is 35.5. The molecule has 0 spiro atoms. The fourth-order valence-corrected chi connectivity index (χ4v) is 2.32. The molecule has 0 aliphatic rings. The van der Waals surface area contributed by atoms with Gasteiger partial charge in [-0.05, 0) is 12.1 Å². The van der Waals surface area contributed by atoms with Crippen molar-refractivity contribution in [2.45, 2.75) is 0 Å². The summed E-state index contributed by atoms with van der Waals surface area (Å²) in [6.45, 7) is 0. The lowest BCUT2D eigenvalue weighted by molar-refractivity contribution is 0.477. The van der Waals surface area contributed by atoms with E-state index < -0.39 is 0 Å². The van der Waals surface area contributed by atoms with Crippen LogP contribution in [-0.4, -0.2) is 10.2 Å². The van der Waals surface area contributed by atoms with Crippen molar-refractivity contribution in [3.8, 4) is 11.5 Å². The van der Waals surface area contributed by atoms with Crippen LogP contribution in [0.25, 0.3) is 21.9 Å². The van der Waals surface area contributed by atoms with E-state index in [0.717, 1.165) is 0 Å². The Morgan fingerprint density at radius 2 is 1.18 bits per heavy atom. The number of benzene rings is 2. The van der Waals surface area contributed by atoms with Gasteiger partial charge in [-0.3, -0.25) is 0 Å². The molecule has 0 bridgehead atoms. The Bertz CT molecular complexity index is 684. The van der Waals surface area contributed by atoms with Gasteiger partial charge < -0.3 is 14.6 Å². The highest BCUT2D eigenvalue weighted by molar-refractivity contribution is 6.33. The maximum absolute atomic E-state index is 9.84. The smallest absolute Gasteiger partial charge is 0.140 e. The first-order valence-corrected chi connectivity index (χ1v) is 5.55. The predicted octanol–water partition coefficient (Wildman–Crippen LogP) is 4.30. The molecule has 17 heavy (non-hydrogen) atoms. The largest absolute Gasteiger partial charge is 0.507 e. The van der Waals surface area contributed by atoms with E-state index in [2.05, 4.69) is 0 Å². The van der Waals surface area contributed by atoms with Crippen LogP contribution in [-0.2, 0) is 0 Å².